The molecule has 1 aromatic heterocycles. The lowest BCUT2D eigenvalue weighted by Gasteiger charge is -1.82. The number of hydrogen-bond acceptors (Lipinski definition) is 4. The highest BCUT2D eigenvalue weighted by molar-refractivity contribution is 9.10. The molecule has 0 aliphatic carbocycles. The van der Waals surface area contributed by atoms with Crippen LogP contribution in [0.3, 0.4) is 0 Å². The van der Waals surface area contributed by atoms with Gasteiger partial charge >= 0.3 is 11.0 Å². The first-order valence-corrected chi connectivity index (χ1v) is 4.30. The van der Waals surface area contributed by atoms with Gasteiger partial charge in [0.25, 0.3) is 0 Å². The maximum absolute atomic E-state index is 10.4. The van der Waals surface area contributed by atoms with Crippen LogP contribution in [-0.4, -0.2) is 16.0 Å². The maximum Gasteiger partial charge on any atom is 0.346 e. The molecule has 0 fully saturated rings. The Balaban J connectivity index is 3.17. The van der Waals surface area contributed by atoms with Gasteiger partial charge in [0, 0.05) is 0 Å². The van der Waals surface area contributed by atoms with Crippen LogP contribution in [0, 0.1) is 10.1 Å². The second-order valence-corrected chi connectivity index (χ2v) is 3.71. The highest BCUT2D eigenvalue weighted by atomic mass is 79.9. The molecule has 0 saturated carbocycles. The van der Waals surface area contributed by atoms with E-state index < -0.39 is 10.9 Å². The third-order valence-electron chi connectivity index (χ3n) is 1.05. The average Bonchev–Trinajstić information content (AvgIpc) is 2.30. The molecule has 1 aromatic rings. The summed E-state index contributed by atoms with van der Waals surface area (Å²) in [4.78, 5) is 19.9. The van der Waals surface area contributed by atoms with Crippen molar-refractivity contribution in [2.24, 2.45) is 0 Å². The van der Waals surface area contributed by atoms with Crippen molar-refractivity contribution in [1.82, 2.24) is 0 Å². The molecule has 0 unspecified atom stereocenters. The maximum atomic E-state index is 10.4. The van der Waals surface area contributed by atoms with Crippen molar-refractivity contribution in [3.8, 4) is 0 Å². The average molecular weight is 252 g/mol. The minimum absolute atomic E-state index is 0.0476. The zero-order chi connectivity index (χ0) is 9.30. The fraction of sp³-hybridized carbons (Fsp3) is 0. The standard InChI is InChI=1S/C5H2BrNO4S/c6-2-1-3(5(8)9)12-4(2)7(10)11/h1H,(H,8,9). The molecule has 0 saturated heterocycles. The number of aromatic carboxylic acids is 1. The Labute approximate surface area is 78.9 Å². The van der Waals surface area contributed by atoms with Crippen molar-refractivity contribution >= 4 is 38.2 Å². The molecule has 64 valence electrons. The number of nitro groups is 1. The largest absolute Gasteiger partial charge is 0.477 e. The van der Waals surface area contributed by atoms with Crippen molar-refractivity contribution in [3.05, 3.63) is 25.5 Å². The van der Waals surface area contributed by atoms with Crippen LogP contribution in [0.1, 0.15) is 9.67 Å². The summed E-state index contributed by atoms with van der Waals surface area (Å²) in [7, 11) is 0. The van der Waals surface area contributed by atoms with Crippen LogP contribution in [0.2, 0.25) is 0 Å². The van der Waals surface area contributed by atoms with E-state index in [0.717, 1.165) is 0 Å². The highest BCUT2D eigenvalue weighted by Gasteiger charge is 2.19. The molecular formula is C5H2BrNO4S. The fourth-order valence-corrected chi connectivity index (χ4v) is 2.06. The Morgan fingerprint density at radius 1 is 1.75 bits per heavy atom. The molecule has 0 amide bonds. The van der Waals surface area contributed by atoms with Gasteiger partial charge in [0.15, 0.2) is 0 Å². The van der Waals surface area contributed by atoms with Crippen molar-refractivity contribution in [2.75, 3.05) is 0 Å². The monoisotopic (exact) mass is 251 g/mol. The number of nitrogens with zero attached hydrogens (tertiary/aromatic N) is 1. The van der Waals surface area contributed by atoms with E-state index in [0.29, 0.717) is 11.3 Å². The van der Waals surface area contributed by atoms with E-state index in [2.05, 4.69) is 15.9 Å². The van der Waals surface area contributed by atoms with Gasteiger partial charge in [-0.05, 0) is 22.0 Å². The smallest absolute Gasteiger partial charge is 0.346 e. The number of carboxylic acid groups (broad SMARTS) is 1. The lowest BCUT2D eigenvalue weighted by atomic mass is 10.5. The number of carbonyl (C=O) groups is 1. The lowest BCUT2D eigenvalue weighted by Crippen LogP contribution is -1.89. The van der Waals surface area contributed by atoms with Crippen LogP contribution >= 0.6 is 27.3 Å². The van der Waals surface area contributed by atoms with Crippen LogP contribution < -0.4 is 0 Å². The van der Waals surface area contributed by atoms with Crippen molar-refractivity contribution in [1.29, 1.82) is 0 Å². The van der Waals surface area contributed by atoms with Crippen molar-refractivity contribution in [2.45, 2.75) is 0 Å². The van der Waals surface area contributed by atoms with Crippen LogP contribution in [0.25, 0.3) is 0 Å². The molecule has 0 aromatic carbocycles. The SMILES string of the molecule is O=C(O)c1cc(Br)c([N+](=O)[O-])s1. The Kier molecular flexibility index (Phi) is 2.43. The van der Waals surface area contributed by atoms with E-state index in [-0.39, 0.29) is 14.4 Å². The third kappa shape index (κ3) is 1.62. The summed E-state index contributed by atoms with van der Waals surface area (Å²) in [5.74, 6) is -1.16. The van der Waals surface area contributed by atoms with Gasteiger partial charge < -0.3 is 5.11 Å². The molecule has 1 rings (SSSR count). The quantitative estimate of drug-likeness (QED) is 0.645. The van der Waals surface area contributed by atoms with Gasteiger partial charge in [-0.15, -0.1) is 0 Å². The second kappa shape index (κ2) is 3.20. The molecule has 1 N–H and O–H groups in total. The molecule has 0 radical (unpaired) electrons. The lowest BCUT2D eigenvalue weighted by molar-refractivity contribution is -0.380. The molecule has 0 aliphatic rings. The molecule has 5 nitrogen and oxygen atoms in total. The van der Waals surface area contributed by atoms with Crippen LogP contribution in [0.4, 0.5) is 5.00 Å². The molecule has 0 aliphatic heterocycles. The van der Waals surface area contributed by atoms with E-state index in [9.17, 15) is 14.9 Å². The zero-order valence-electron chi connectivity index (χ0n) is 5.48. The number of rotatable bonds is 2. The van der Waals surface area contributed by atoms with E-state index in [1.165, 1.54) is 6.07 Å². The predicted octanol–water partition coefficient (Wildman–Crippen LogP) is 2.12. The number of thiophene rings is 1. The van der Waals surface area contributed by atoms with Crippen molar-refractivity contribution < 1.29 is 14.8 Å². The summed E-state index contributed by atoms with van der Waals surface area (Å²) in [5.41, 5.74) is 0. The topological polar surface area (TPSA) is 80.4 Å². The predicted molar refractivity (Wildman–Crippen MR) is 45.6 cm³/mol. The minimum atomic E-state index is -1.16. The van der Waals surface area contributed by atoms with Crippen LogP contribution in [0.5, 0.6) is 0 Å². The molecule has 0 atom stereocenters. The Morgan fingerprint density at radius 2 is 2.33 bits per heavy atom. The first kappa shape index (κ1) is 9.14. The Morgan fingerprint density at radius 3 is 2.58 bits per heavy atom. The zero-order valence-corrected chi connectivity index (χ0v) is 7.89. The summed E-state index contributed by atoms with van der Waals surface area (Å²) >= 11 is 3.52. The van der Waals surface area contributed by atoms with Gasteiger partial charge in [0.05, 0.1) is 4.92 Å². The number of halogens is 1. The number of carboxylic acids is 1. The van der Waals surface area contributed by atoms with E-state index in [4.69, 9.17) is 5.11 Å². The minimum Gasteiger partial charge on any atom is -0.477 e. The summed E-state index contributed by atoms with van der Waals surface area (Å²) < 4.78 is 0.204. The number of hydrogen-bond donors (Lipinski definition) is 1. The molecule has 1 heterocycles. The Hall–Kier alpha value is -0.950. The molecule has 0 spiro atoms. The second-order valence-electron chi connectivity index (χ2n) is 1.83. The molecule has 0 bridgehead atoms. The molecule has 7 heteroatoms. The summed E-state index contributed by atoms with van der Waals surface area (Å²) in [6.45, 7) is 0. The molecule has 12 heavy (non-hydrogen) atoms. The summed E-state index contributed by atoms with van der Waals surface area (Å²) in [6, 6.07) is 1.21. The van der Waals surface area contributed by atoms with E-state index >= 15 is 0 Å². The van der Waals surface area contributed by atoms with Crippen molar-refractivity contribution in [3.63, 3.8) is 0 Å². The van der Waals surface area contributed by atoms with Crippen LogP contribution in [-0.2, 0) is 0 Å². The normalized spacial score (nSPS) is 9.75. The van der Waals surface area contributed by atoms with E-state index in [1.54, 1.807) is 0 Å². The first-order valence-electron chi connectivity index (χ1n) is 2.69. The van der Waals surface area contributed by atoms with Gasteiger partial charge in [-0.25, -0.2) is 4.79 Å². The van der Waals surface area contributed by atoms with Gasteiger partial charge in [-0.1, -0.05) is 11.3 Å². The van der Waals surface area contributed by atoms with Crippen LogP contribution in [0.15, 0.2) is 10.5 Å². The van der Waals surface area contributed by atoms with Gasteiger partial charge in [0.1, 0.15) is 9.35 Å². The highest BCUT2D eigenvalue weighted by Crippen LogP contribution is 2.34. The summed E-state index contributed by atoms with van der Waals surface area (Å²) in [6.07, 6.45) is 0. The van der Waals surface area contributed by atoms with Gasteiger partial charge in [-0.2, -0.15) is 0 Å². The van der Waals surface area contributed by atoms with Gasteiger partial charge in [0.2, 0.25) is 0 Å². The first-order chi connectivity index (χ1) is 5.52. The molecular weight excluding hydrogens is 250 g/mol. The third-order valence-corrected chi connectivity index (χ3v) is 2.99. The Bertz CT molecular complexity index is 347. The van der Waals surface area contributed by atoms with E-state index in [1.807, 2.05) is 0 Å². The summed E-state index contributed by atoms with van der Waals surface area (Å²) in [5, 5.41) is 18.5. The van der Waals surface area contributed by atoms with Gasteiger partial charge in [-0.3, -0.25) is 10.1 Å². The fourth-order valence-electron chi connectivity index (χ4n) is 0.589.